The van der Waals surface area contributed by atoms with Crippen molar-refractivity contribution < 1.29 is 9.63 Å². The summed E-state index contributed by atoms with van der Waals surface area (Å²) in [5.74, 6) is 1.29. The molecular weight excluding hydrogens is 248 g/mol. The molecule has 1 N–H and O–H groups in total. The lowest BCUT2D eigenvalue weighted by atomic mass is 10.1. The van der Waals surface area contributed by atoms with E-state index in [1.807, 2.05) is 24.4 Å². The van der Waals surface area contributed by atoms with Crippen LogP contribution in [0.15, 0.2) is 40.2 Å². The molecule has 18 heavy (non-hydrogen) atoms. The minimum atomic E-state index is 0.231. The zero-order valence-corrected chi connectivity index (χ0v) is 10.4. The van der Waals surface area contributed by atoms with Gasteiger partial charge in [0.1, 0.15) is 5.75 Å². The van der Waals surface area contributed by atoms with Gasteiger partial charge in [-0.15, -0.1) is 11.3 Å². The van der Waals surface area contributed by atoms with E-state index in [4.69, 9.17) is 4.52 Å². The Labute approximate surface area is 108 Å². The Hall–Kier alpha value is -2.14. The van der Waals surface area contributed by atoms with Gasteiger partial charge in [-0.25, -0.2) is 0 Å². The fourth-order valence-electron chi connectivity index (χ4n) is 1.73. The molecule has 90 valence electrons. The van der Waals surface area contributed by atoms with Crippen LogP contribution in [0, 0.1) is 6.92 Å². The number of phenolic OH excluding ortho intramolecular Hbond substituents is 1. The molecule has 0 aliphatic carbocycles. The molecule has 0 bridgehead atoms. The fraction of sp³-hybridized carbons (Fsp3) is 0.0769. The van der Waals surface area contributed by atoms with Crippen molar-refractivity contribution in [2.24, 2.45) is 0 Å². The van der Waals surface area contributed by atoms with Crippen molar-refractivity contribution >= 4 is 11.3 Å². The summed E-state index contributed by atoms with van der Waals surface area (Å²) >= 11 is 1.57. The first-order chi connectivity index (χ1) is 8.74. The topological polar surface area (TPSA) is 59.2 Å². The summed E-state index contributed by atoms with van der Waals surface area (Å²) in [6.07, 6.45) is 0. The Morgan fingerprint density at radius 1 is 1.28 bits per heavy atom. The normalized spacial score (nSPS) is 10.7. The van der Waals surface area contributed by atoms with Crippen LogP contribution in [0.5, 0.6) is 5.75 Å². The lowest BCUT2D eigenvalue weighted by molar-refractivity contribution is 0.432. The van der Waals surface area contributed by atoms with Gasteiger partial charge in [-0.2, -0.15) is 4.98 Å². The van der Waals surface area contributed by atoms with Gasteiger partial charge < -0.3 is 9.63 Å². The summed E-state index contributed by atoms with van der Waals surface area (Å²) in [6, 6.07) is 8.95. The number of aryl methyl sites for hydroxylation is 1. The number of benzene rings is 1. The van der Waals surface area contributed by atoms with Crippen molar-refractivity contribution in [2.45, 2.75) is 6.92 Å². The summed E-state index contributed by atoms with van der Waals surface area (Å²) in [5.41, 5.74) is 1.74. The predicted molar refractivity (Wildman–Crippen MR) is 69.4 cm³/mol. The van der Waals surface area contributed by atoms with Crippen LogP contribution in [-0.4, -0.2) is 15.2 Å². The van der Waals surface area contributed by atoms with Gasteiger partial charge in [-0.05, 0) is 42.1 Å². The van der Waals surface area contributed by atoms with E-state index in [1.54, 1.807) is 29.5 Å². The van der Waals surface area contributed by atoms with Crippen LogP contribution in [0.4, 0.5) is 0 Å². The van der Waals surface area contributed by atoms with Crippen LogP contribution in [0.3, 0.4) is 0 Å². The zero-order chi connectivity index (χ0) is 12.5. The molecule has 1 aromatic carbocycles. The van der Waals surface area contributed by atoms with Gasteiger partial charge in [0.15, 0.2) is 0 Å². The van der Waals surface area contributed by atoms with Crippen LogP contribution >= 0.6 is 11.3 Å². The molecular formula is C13H10N2O2S. The van der Waals surface area contributed by atoms with Crippen LogP contribution in [0.1, 0.15) is 5.56 Å². The van der Waals surface area contributed by atoms with Crippen LogP contribution in [0.2, 0.25) is 0 Å². The van der Waals surface area contributed by atoms with Crippen LogP contribution < -0.4 is 0 Å². The Kier molecular flexibility index (Phi) is 2.60. The van der Waals surface area contributed by atoms with E-state index in [0.717, 1.165) is 16.0 Å². The first-order valence-corrected chi connectivity index (χ1v) is 6.29. The minimum absolute atomic E-state index is 0.231. The second-order valence-electron chi connectivity index (χ2n) is 3.90. The van der Waals surface area contributed by atoms with Crippen molar-refractivity contribution in [1.29, 1.82) is 0 Å². The lowest BCUT2D eigenvalue weighted by Crippen LogP contribution is -1.83. The fourth-order valence-corrected chi connectivity index (χ4v) is 2.38. The third-order valence-electron chi connectivity index (χ3n) is 2.61. The summed E-state index contributed by atoms with van der Waals surface area (Å²) in [4.78, 5) is 5.34. The maximum Gasteiger partial charge on any atom is 0.258 e. The van der Waals surface area contributed by atoms with Crippen molar-refractivity contribution in [3.63, 3.8) is 0 Å². The lowest BCUT2D eigenvalue weighted by Gasteiger charge is -2.00. The van der Waals surface area contributed by atoms with Gasteiger partial charge in [-0.1, -0.05) is 11.2 Å². The molecule has 0 saturated heterocycles. The highest BCUT2D eigenvalue weighted by molar-refractivity contribution is 7.13. The summed E-state index contributed by atoms with van der Waals surface area (Å²) < 4.78 is 5.26. The predicted octanol–water partition coefficient (Wildman–Crippen LogP) is 3.48. The van der Waals surface area contributed by atoms with Crippen LogP contribution in [0.25, 0.3) is 22.2 Å². The molecule has 0 amide bonds. The van der Waals surface area contributed by atoms with Crippen molar-refractivity contribution in [2.75, 3.05) is 0 Å². The first kappa shape index (κ1) is 11.0. The molecule has 3 aromatic rings. The van der Waals surface area contributed by atoms with Gasteiger partial charge in [0.2, 0.25) is 5.82 Å². The summed E-state index contributed by atoms with van der Waals surface area (Å²) in [7, 11) is 0. The number of thiophene rings is 1. The van der Waals surface area contributed by atoms with Gasteiger partial charge in [-0.3, -0.25) is 0 Å². The Morgan fingerprint density at radius 2 is 2.17 bits per heavy atom. The molecule has 0 unspecified atom stereocenters. The molecule has 3 rings (SSSR count). The van der Waals surface area contributed by atoms with E-state index < -0.39 is 0 Å². The average Bonchev–Trinajstić information content (AvgIpc) is 2.99. The number of hydrogen-bond donors (Lipinski definition) is 1. The number of phenols is 1. The Morgan fingerprint density at radius 3 is 2.89 bits per heavy atom. The Balaban J connectivity index is 2.03. The second-order valence-corrected chi connectivity index (χ2v) is 4.85. The standard InChI is InChI=1S/C13H10N2O2S/c1-8-7-9(16)4-5-10(8)13-14-12(15-17-13)11-3-2-6-18-11/h2-7,16H,1H3. The quantitative estimate of drug-likeness (QED) is 0.764. The number of rotatable bonds is 2. The molecule has 0 radical (unpaired) electrons. The van der Waals surface area contributed by atoms with Crippen molar-refractivity contribution in [1.82, 2.24) is 10.1 Å². The molecule has 5 heteroatoms. The SMILES string of the molecule is Cc1cc(O)ccc1-c1nc(-c2cccs2)no1. The van der Waals surface area contributed by atoms with E-state index in [0.29, 0.717) is 11.7 Å². The molecule has 0 spiro atoms. The summed E-state index contributed by atoms with van der Waals surface area (Å²) in [6.45, 7) is 1.89. The van der Waals surface area contributed by atoms with Gasteiger partial charge in [0, 0.05) is 5.56 Å². The molecule has 2 heterocycles. The smallest absolute Gasteiger partial charge is 0.258 e. The monoisotopic (exact) mass is 258 g/mol. The molecule has 0 aliphatic heterocycles. The summed E-state index contributed by atoms with van der Waals surface area (Å²) in [5, 5.41) is 15.3. The van der Waals surface area contributed by atoms with Gasteiger partial charge in [0.25, 0.3) is 5.89 Å². The highest BCUT2D eigenvalue weighted by atomic mass is 32.1. The number of nitrogens with zero attached hydrogens (tertiary/aromatic N) is 2. The Bertz CT molecular complexity index is 674. The highest BCUT2D eigenvalue weighted by Gasteiger charge is 2.13. The number of aromatic nitrogens is 2. The van der Waals surface area contributed by atoms with Gasteiger partial charge >= 0.3 is 0 Å². The molecule has 0 saturated carbocycles. The molecule has 0 atom stereocenters. The zero-order valence-electron chi connectivity index (χ0n) is 9.62. The van der Waals surface area contributed by atoms with E-state index >= 15 is 0 Å². The number of aromatic hydroxyl groups is 1. The van der Waals surface area contributed by atoms with E-state index in [1.165, 1.54) is 0 Å². The van der Waals surface area contributed by atoms with E-state index in [9.17, 15) is 5.11 Å². The molecule has 4 nitrogen and oxygen atoms in total. The number of hydrogen-bond acceptors (Lipinski definition) is 5. The maximum absolute atomic E-state index is 9.37. The van der Waals surface area contributed by atoms with E-state index in [-0.39, 0.29) is 5.75 Å². The second kappa shape index (κ2) is 4.27. The average molecular weight is 258 g/mol. The maximum atomic E-state index is 9.37. The van der Waals surface area contributed by atoms with Crippen LogP contribution in [-0.2, 0) is 0 Å². The van der Waals surface area contributed by atoms with Crippen molar-refractivity contribution in [3.05, 3.63) is 41.3 Å². The highest BCUT2D eigenvalue weighted by Crippen LogP contribution is 2.28. The van der Waals surface area contributed by atoms with Crippen molar-refractivity contribution in [3.8, 4) is 27.9 Å². The van der Waals surface area contributed by atoms with Gasteiger partial charge in [0.05, 0.1) is 4.88 Å². The molecule has 0 fully saturated rings. The van der Waals surface area contributed by atoms with E-state index in [2.05, 4.69) is 10.1 Å². The largest absolute Gasteiger partial charge is 0.508 e. The first-order valence-electron chi connectivity index (χ1n) is 5.41. The third kappa shape index (κ3) is 1.89. The minimum Gasteiger partial charge on any atom is -0.508 e. The third-order valence-corrected chi connectivity index (χ3v) is 3.47. The molecule has 0 aliphatic rings. The molecule has 2 aromatic heterocycles.